The van der Waals surface area contributed by atoms with Gasteiger partial charge >= 0.3 is 0 Å². The van der Waals surface area contributed by atoms with E-state index in [4.69, 9.17) is 10.2 Å². The van der Waals surface area contributed by atoms with Crippen molar-refractivity contribution < 1.29 is 20.4 Å². The van der Waals surface area contributed by atoms with E-state index in [-0.39, 0.29) is 23.0 Å². The summed E-state index contributed by atoms with van der Waals surface area (Å²) in [5.41, 5.74) is 2.97. The third-order valence-corrected chi connectivity index (χ3v) is 3.91. The maximum absolute atomic E-state index is 9.56. The van der Waals surface area contributed by atoms with Gasteiger partial charge in [-0.2, -0.15) is 0 Å². The van der Waals surface area contributed by atoms with E-state index in [0.717, 1.165) is 11.1 Å². The predicted molar refractivity (Wildman–Crippen MR) is 106 cm³/mol. The van der Waals surface area contributed by atoms with E-state index in [9.17, 15) is 10.2 Å². The Labute approximate surface area is 161 Å². The molecule has 0 saturated carbocycles. The highest BCUT2D eigenvalue weighted by molar-refractivity contribution is 5.71. The van der Waals surface area contributed by atoms with Crippen LogP contribution < -0.4 is 0 Å². The molecule has 0 fully saturated rings. The molecule has 28 heavy (non-hydrogen) atoms. The molecule has 0 radical (unpaired) electrons. The van der Waals surface area contributed by atoms with Gasteiger partial charge in [-0.3, -0.25) is 9.97 Å². The highest BCUT2D eigenvalue weighted by Gasteiger charge is 2.05. The van der Waals surface area contributed by atoms with Crippen LogP contribution >= 0.6 is 0 Å². The number of benzene rings is 2. The zero-order valence-corrected chi connectivity index (χ0v) is 14.8. The summed E-state index contributed by atoms with van der Waals surface area (Å²) in [6, 6.07) is 16.3. The molecule has 6 nitrogen and oxygen atoms in total. The summed E-state index contributed by atoms with van der Waals surface area (Å²) in [7, 11) is 0. The number of phenolic OH excluding ortho intramolecular Hbond substituents is 4. The molecule has 4 N–H and O–H groups in total. The number of rotatable bonds is 2. The van der Waals surface area contributed by atoms with E-state index in [1.165, 1.54) is 24.3 Å². The molecule has 2 aromatic heterocycles. The van der Waals surface area contributed by atoms with Crippen molar-refractivity contribution in [3.8, 4) is 45.3 Å². The van der Waals surface area contributed by atoms with Gasteiger partial charge < -0.3 is 20.4 Å². The Morgan fingerprint density at radius 3 is 1.29 bits per heavy atom. The first kappa shape index (κ1) is 18.7. The minimum atomic E-state index is 0.0511. The van der Waals surface area contributed by atoms with Crippen molar-refractivity contribution in [1.29, 1.82) is 0 Å². The van der Waals surface area contributed by atoms with Crippen molar-refractivity contribution in [2.75, 3.05) is 0 Å². The second-order valence-electron chi connectivity index (χ2n) is 5.89. The number of pyridine rings is 2. The molecular formula is C22H18N2O4. The Hall–Kier alpha value is -4.06. The van der Waals surface area contributed by atoms with Crippen LogP contribution in [0.15, 0.2) is 85.5 Å². The summed E-state index contributed by atoms with van der Waals surface area (Å²) >= 11 is 0. The van der Waals surface area contributed by atoms with Gasteiger partial charge in [0.15, 0.2) is 0 Å². The standard InChI is InChI=1S/2C11H9NO2/c2*13-9-3-4-10(11(14)6-9)8-2-1-5-12-7-8/h2*1-7,13-14H. The number of hydrogen-bond donors (Lipinski definition) is 4. The first-order chi connectivity index (χ1) is 13.5. The number of nitrogens with zero attached hydrogens (tertiary/aromatic N) is 2. The molecular weight excluding hydrogens is 356 g/mol. The van der Waals surface area contributed by atoms with Crippen molar-refractivity contribution in [2.45, 2.75) is 0 Å². The van der Waals surface area contributed by atoms with E-state index in [0.29, 0.717) is 11.1 Å². The molecule has 140 valence electrons. The fourth-order valence-electron chi connectivity index (χ4n) is 2.57. The van der Waals surface area contributed by atoms with Gasteiger partial charge in [-0.15, -0.1) is 0 Å². The van der Waals surface area contributed by atoms with E-state index >= 15 is 0 Å². The van der Waals surface area contributed by atoms with Crippen LogP contribution in [0.3, 0.4) is 0 Å². The molecule has 2 aromatic carbocycles. The molecule has 0 bridgehead atoms. The molecule has 0 saturated heterocycles. The van der Waals surface area contributed by atoms with Crippen LogP contribution in [0.25, 0.3) is 22.3 Å². The maximum Gasteiger partial charge on any atom is 0.127 e. The number of aromatic nitrogens is 2. The highest BCUT2D eigenvalue weighted by Crippen LogP contribution is 2.32. The summed E-state index contributed by atoms with van der Waals surface area (Å²) in [6.45, 7) is 0. The molecule has 4 aromatic rings. The molecule has 0 atom stereocenters. The first-order valence-corrected chi connectivity index (χ1v) is 8.39. The van der Waals surface area contributed by atoms with Crippen molar-refractivity contribution in [2.24, 2.45) is 0 Å². The second-order valence-corrected chi connectivity index (χ2v) is 5.89. The number of aromatic hydroxyl groups is 4. The summed E-state index contributed by atoms with van der Waals surface area (Å²) in [6.07, 6.45) is 6.65. The van der Waals surface area contributed by atoms with Gasteiger partial charge in [0.2, 0.25) is 0 Å². The quantitative estimate of drug-likeness (QED) is 0.416. The molecule has 0 aliphatic rings. The van der Waals surface area contributed by atoms with E-state index in [2.05, 4.69) is 9.97 Å². The van der Waals surface area contributed by atoms with Crippen LogP contribution in [0.5, 0.6) is 23.0 Å². The zero-order valence-electron chi connectivity index (χ0n) is 14.8. The lowest BCUT2D eigenvalue weighted by atomic mass is 10.1. The van der Waals surface area contributed by atoms with Gasteiger partial charge in [0, 0.05) is 59.2 Å². The lowest BCUT2D eigenvalue weighted by Gasteiger charge is -2.03. The van der Waals surface area contributed by atoms with Gasteiger partial charge in [-0.25, -0.2) is 0 Å². The van der Waals surface area contributed by atoms with Gasteiger partial charge in [-0.05, 0) is 36.4 Å². The Balaban J connectivity index is 0.000000161. The zero-order chi connectivity index (χ0) is 19.9. The number of phenols is 4. The third-order valence-electron chi connectivity index (χ3n) is 3.91. The maximum atomic E-state index is 9.56. The number of hydrogen-bond acceptors (Lipinski definition) is 6. The van der Waals surface area contributed by atoms with Crippen LogP contribution in [0.2, 0.25) is 0 Å². The van der Waals surface area contributed by atoms with Crippen LogP contribution in [-0.2, 0) is 0 Å². The average molecular weight is 374 g/mol. The van der Waals surface area contributed by atoms with Crippen LogP contribution in [-0.4, -0.2) is 30.4 Å². The van der Waals surface area contributed by atoms with E-state index in [1.54, 1.807) is 49.1 Å². The Bertz CT molecular complexity index is 968. The molecule has 0 aliphatic heterocycles. The van der Waals surface area contributed by atoms with Crippen molar-refractivity contribution in [1.82, 2.24) is 9.97 Å². The van der Waals surface area contributed by atoms with Crippen LogP contribution in [0.4, 0.5) is 0 Å². The largest absolute Gasteiger partial charge is 0.508 e. The SMILES string of the molecule is Oc1ccc(-c2cccnc2)c(O)c1.Oc1ccc(-c2cccnc2)c(O)c1. The fraction of sp³-hybridized carbons (Fsp3) is 0. The van der Waals surface area contributed by atoms with Crippen LogP contribution in [0.1, 0.15) is 0 Å². The Morgan fingerprint density at radius 2 is 0.964 bits per heavy atom. The van der Waals surface area contributed by atoms with Gasteiger partial charge in [-0.1, -0.05) is 12.1 Å². The second kappa shape index (κ2) is 8.55. The Kier molecular flexibility index (Phi) is 5.72. The molecule has 0 aliphatic carbocycles. The molecule has 2 heterocycles. The minimum absolute atomic E-state index is 0.0511. The Morgan fingerprint density at radius 1 is 0.536 bits per heavy atom. The van der Waals surface area contributed by atoms with Crippen molar-refractivity contribution >= 4 is 0 Å². The molecule has 0 spiro atoms. The summed E-state index contributed by atoms with van der Waals surface area (Å²) < 4.78 is 0. The van der Waals surface area contributed by atoms with Gasteiger partial charge in [0.25, 0.3) is 0 Å². The molecule has 0 unspecified atom stereocenters. The highest BCUT2D eigenvalue weighted by atomic mass is 16.3. The first-order valence-electron chi connectivity index (χ1n) is 8.39. The van der Waals surface area contributed by atoms with E-state index in [1.807, 2.05) is 12.1 Å². The van der Waals surface area contributed by atoms with Crippen LogP contribution in [0, 0.1) is 0 Å². The summed E-state index contributed by atoms with van der Waals surface area (Å²) in [5, 5.41) is 37.3. The summed E-state index contributed by atoms with van der Waals surface area (Å²) in [5.74, 6) is 0.210. The minimum Gasteiger partial charge on any atom is -0.508 e. The molecule has 4 rings (SSSR count). The average Bonchev–Trinajstić information content (AvgIpc) is 2.70. The third kappa shape index (κ3) is 4.56. The lowest BCUT2D eigenvalue weighted by Crippen LogP contribution is -1.79. The molecule has 6 heteroatoms. The topological polar surface area (TPSA) is 107 Å². The fourth-order valence-corrected chi connectivity index (χ4v) is 2.57. The lowest BCUT2D eigenvalue weighted by molar-refractivity contribution is 0.451. The van der Waals surface area contributed by atoms with Gasteiger partial charge in [0.05, 0.1) is 0 Å². The summed E-state index contributed by atoms with van der Waals surface area (Å²) in [4.78, 5) is 7.90. The smallest absolute Gasteiger partial charge is 0.127 e. The normalized spacial score (nSPS) is 10.0. The predicted octanol–water partition coefficient (Wildman–Crippen LogP) is 4.32. The van der Waals surface area contributed by atoms with Crippen molar-refractivity contribution in [3.05, 3.63) is 85.5 Å². The van der Waals surface area contributed by atoms with Gasteiger partial charge in [0.1, 0.15) is 23.0 Å². The molecule has 0 amide bonds. The van der Waals surface area contributed by atoms with E-state index < -0.39 is 0 Å². The van der Waals surface area contributed by atoms with Crippen molar-refractivity contribution in [3.63, 3.8) is 0 Å². The monoisotopic (exact) mass is 374 g/mol.